The molecule has 0 fully saturated rings. The van der Waals surface area contributed by atoms with Crippen LogP contribution in [0.15, 0.2) is 0 Å². The Morgan fingerprint density at radius 3 is 1.62 bits per heavy atom. The van der Waals surface area contributed by atoms with Crippen LogP contribution in [0.2, 0.25) is 0 Å². The molecule has 10 heteroatoms. The molecule has 0 aliphatic carbocycles. The van der Waals surface area contributed by atoms with E-state index in [2.05, 4.69) is 32.2 Å². The van der Waals surface area contributed by atoms with Crippen LogP contribution in [0.5, 0.6) is 0 Å². The second-order valence-corrected chi connectivity index (χ2v) is 5.30. The average Bonchev–Trinajstić information content (AvgIpc) is 2.17. The van der Waals surface area contributed by atoms with Gasteiger partial charge in [-0.2, -0.15) is 0 Å². The predicted octanol–water partition coefficient (Wildman–Crippen LogP) is 0.732. The Morgan fingerprint density at radius 2 is 1.56 bits per heavy atom. The SMILES string of the molecule is CC(C)(CO)C(Br)OBr.CO.O=P(O)(O)O. The molecule has 0 radical (unpaired) electrons. The number of hydrogen-bond donors (Lipinski definition) is 5. The summed E-state index contributed by atoms with van der Waals surface area (Å²) >= 11 is 6.06. The molecule has 16 heavy (non-hydrogen) atoms. The maximum Gasteiger partial charge on any atom is 0.466 e. The van der Waals surface area contributed by atoms with Gasteiger partial charge in [-0.05, 0) is 0 Å². The highest BCUT2D eigenvalue weighted by Gasteiger charge is 2.26. The number of phosphoric acid groups is 1. The highest BCUT2D eigenvalue weighted by Crippen LogP contribution is 2.28. The van der Waals surface area contributed by atoms with Gasteiger partial charge in [0, 0.05) is 12.5 Å². The van der Waals surface area contributed by atoms with E-state index < -0.39 is 7.82 Å². The van der Waals surface area contributed by atoms with Crippen molar-refractivity contribution in [2.75, 3.05) is 13.7 Å². The van der Waals surface area contributed by atoms with Gasteiger partial charge in [0.15, 0.2) is 0 Å². The minimum Gasteiger partial charge on any atom is -0.400 e. The fourth-order valence-electron chi connectivity index (χ4n) is 0.192. The highest BCUT2D eigenvalue weighted by atomic mass is 79.9. The Bertz CT molecular complexity index is 187. The molecule has 0 rings (SSSR count). The second-order valence-electron chi connectivity index (χ2n) is 3.07. The molecular formula is C6H17Br2O7P. The van der Waals surface area contributed by atoms with E-state index in [1.165, 1.54) is 0 Å². The van der Waals surface area contributed by atoms with E-state index in [-0.39, 0.29) is 17.0 Å². The first-order chi connectivity index (χ1) is 7.04. The number of aliphatic hydroxyl groups is 2. The molecule has 0 spiro atoms. The summed E-state index contributed by atoms with van der Waals surface area (Å²) in [7, 11) is -3.64. The Hall–Kier alpha value is 0.950. The van der Waals surface area contributed by atoms with Gasteiger partial charge < -0.3 is 24.9 Å². The summed E-state index contributed by atoms with van der Waals surface area (Å²) in [6, 6.07) is 0. The van der Waals surface area contributed by atoms with E-state index in [4.69, 9.17) is 33.3 Å². The fourth-order valence-corrected chi connectivity index (χ4v) is 0.843. The zero-order valence-corrected chi connectivity index (χ0v) is 13.1. The largest absolute Gasteiger partial charge is 0.466 e. The molecule has 0 aromatic heterocycles. The Morgan fingerprint density at radius 1 is 1.31 bits per heavy atom. The van der Waals surface area contributed by atoms with Gasteiger partial charge in [0.1, 0.15) is 5.01 Å². The van der Waals surface area contributed by atoms with Gasteiger partial charge in [-0.25, -0.2) is 4.57 Å². The number of rotatable bonds is 3. The second kappa shape index (κ2) is 11.1. The molecule has 0 heterocycles. The Labute approximate surface area is 111 Å². The summed E-state index contributed by atoms with van der Waals surface area (Å²) in [6.45, 7) is 3.88. The number of hydrogen-bond acceptors (Lipinski definition) is 4. The Kier molecular flexibility index (Phi) is 15.3. The summed E-state index contributed by atoms with van der Waals surface area (Å²) in [4.78, 5) is 21.6. The lowest BCUT2D eigenvalue weighted by Crippen LogP contribution is -2.28. The maximum absolute atomic E-state index is 8.88. The van der Waals surface area contributed by atoms with E-state index in [1.54, 1.807) is 0 Å². The zero-order valence-electron chi connectivity index (χ0n) is 9.04. The summed E-state index contributed by atoms with van der Waals surface area (Å²) in [5.74, 6) is 0. The van der Waals surface area contributed by atoms with Crippen LogP contribution in [0.4, 0.5) is 0 Å². The van der Waals surface area contributed by atoms with Gasteiger partial charge in [0.05, 0.1) is 22.9 Å². The Balaban J connectivity index is -0.000000205. The summed E-state index contributed by atoms with van der Waals surface area (Å²) in [5, 5.41) is 15.6. The van der Waals surface area contributed by atoms with Crippen LogP contribution in [0.25, 0.3) is 0 Å². The van der Waals surface area contributed by atoms with Gasteiger partial charge >= 0.3 is 7.82 Å². The van der Waals surface area contributed by atoms with Crippen molar-refractivity contribution in [1.29, 1.82) is 0 Å². The van der Waals surface area contributed by atoms with Crippen LogP contribution in [0.3, 0.4) is 0 Å². The number of alkyl halides is 1. The van der Waals surface area contributed by atoms with E-state index in [9.17, 15) is 0 Å². The molecule has 0 aliphatic heterocycles. The molecule has 1 atom stereocenters. The van der Waals surface area contributed by atoms with E-state index in [1.807, 2.05) is 13.8 Å². The summed E-state index contributed by atoms with van der Waals surface area (Å²) < 4.78 is 13.7. The van der Waals surface area contributed by atoms with Crippen molar-refractivity contribution < 1.29 is 33.3 Å². The van der Waals surface area contributed by atoms with Crippen molar-refractivity contribution in [3.05, 3.63) is 0 Å². The highest BCUT2D eigenvalue weighted by molar-refractivity contribution is 9.10. The van der Waals surface area contributed by atoms with Gasteiger partial charge in [-0.1, -0.05) is 29.8 Å². The quantitative estimate of drug-likeness (QED) is 0.354. The topological polar surface area (TPSA) is 127 Å². The first-order valence-electron chi connectivity index (χ1n) is 3.80. The van der Waals surface area contributed by atoms with Crippen molar-refractivity contribution in [3.63, 3.8) is 0 Å². The lowest BCUT2D eigenvalue weighted by molar-refractivity contribution is 0.0973. The summed E-state index contributed by atoms with van der Waals surface area (Å²) in [5.41, 5.74) is -0.247. The van der Waals surface area contributed by atoms with Crippen molar-refractivity contribution >= 4 is 40.0 Å². The van der Waals surface area contributed by atoms with Crippen LogP contribution < -0.4 is 0 Å². The molecule has 1 unspecified atom stereocenters. The van der Waals surface area contributed by atoms with Gasteiger partial charge in [-0.15, -0.1) is 0 Å². The van der Waals surface area contributed by atoms with Crippen LogP contribution in [-0.4, -0.2) is 43.6 Å². The standard InChI is InChI=1S/C5H10Br2O2.CH4O.H3O4P/c1-5(2,3-8)4(6)9-7;1-2;1-5(2,3)4/h4,8H,3H2,1-2H3;2H,1H3;(H3,1,2,3,4). The van der Waals surface area contributed by atoms with E-state index in [0.717, 1.165) is 7.11 Å². The predicted molar refractivity (Wildman–Crippen MR) is 66.0 cm³/mol. The lowest BCUT2D eigenvalue weighted by atomic mass is 9.97. The zero-order chi connectivity index (χ0) is 14.0. The molecule has 0 aromatic rings. The third-order valence-corrected chi connectivity index (χ3v) is 3.40. The normalized spacial score (nSPS) is 12.9. The first-order valence-corrected chi connectivity index (χ1v) is 6.92. The molecule has 0 bridgehead atoms. The van der Waals surface area contributed by atoms with Gasteiger partial charge in [0.2, 0.25) is 0 Å². The minimum atomic E-state index is -4.64. The van der Waals surface area contributed by atoms with Crippen molar-refractivity contribution in [2.45, 2.75) is 18.9 Å². The molecule has 5 N–H and O–H groups in total. The minimum absolute atomic E-state index is 0.0918. The van der Waals surface area contributed by atoms with Crippen LogP contribution in [0.1, 0.15) is 13.8 Å². The van der Waals surface area contributed by atoms with E-state index in [0.29, 0.717) is 0 Å². The van der Waals surface area contributed by atoms with Gasteiger partial charge in [0.25, 0.3) is 0 Å². The van der Waals surface area contributed by atoms with Crippen LogP contribution in [-0.2, 0) is 8.39 Å². The molecule has 0 amide bonds. The van der Waals surface area contributed by atoms with E-state index >= 15 is 0 Å². The fraction of sp³-hybridized carbons (Fsp3) is 1.00. The number of halogens is 2. The maximum atomic E-state index is 8.88. The molecular weight excluding hydrogens is 375 g/mol. The molecule has 0 aromatic carbocycles. The molecule has 102 valence electrons. The van der Waals surface area contributed by atoms with Crippen molar-refractivity contribution in [3.8, 4) is 0 Å². The first kappa shape index (κ1) is 22.2. The van der Waals surface area contributed by atoms with Crippen molar-refractivity contribution in [2.24, 2.45) is 5.41 Å². The third-order valence-electron chi connectivity index (χ3n) is 1.10. The molecule has 0 saturated heterocycles. The lowest BCUT2D eigenvalue weighted by Gasteiger charge is -2.24. The third kappa shape index (κ3) is 20.4. The summed E-state index contributed by atoms with van der Waals surface area (Å²) in [6.07, 6.45) is 0. The molecule has 7 nitrogen and oxygen atoms in total. The smallest absolute Gasteiger partial charge is 0.400 e. The average molecular weight is 392 g/mol. The molecule has 0 saturated carbocycles. The van der Waals surface area contributed by atoms with Crippen LogP contribution >= 0.6 is 40.0 Å². The monoisotopic (exact) mass is 390 g/mol. The molecule has 0 aliphatic rings. The van der Waals surface area contributed by atoms with Gasteiger partial charge in [-0.3, -0.25) is 3.83 Å². The number of aliphatic hydroxyl groups excluding tert-OH is 2. The van der Waals surface area contributed by atoms with Crippen molar-refractivity contribution in [1.82, 2.24) is 0 Å². The van der Waals surface area contributed by atoms with Crippen LogP contribution in [0, 0.1) is 5.41 Å².